The highest BCUT2D eigenvalue weighted by molar-refractivity contribution is 5.74. The van der Waals surface area contributed by atoms with Crippen LogP contribution in [0.2, 0.25) is 0 Å². The number of hydrogen-bond donors (Lipinski definition) is 0. The summed E-state index contributed by atoms with van der Waals surface area (Å²) < 4.78 is 11.0. The van der Waals surface area contributed by atoms with Crippen molar-refractivity contribution in [3.05, 3.63) is 65.7 Å². The van der Waals surface area contributed by atoms with Gasteiger partial charge in [0.05, 0.1) is 0 Å². The number of ether oxygens (including phenoxy) is 2. The predicted molar refractivity (Wildman–Crippen MR) is 85.0 cm³/mol. The molecule has 1 atom stereocenters. The van der Waals surface area contributed by atoms with Crippen LogP contribution in [-0.2, 0) is 9.53 Å². The first-order chi connectivity index (χ1) is 10.7. The van der Waals surface area contributed by atoms with Gasteiger partial charge in [0.25, 0.3) is 0 Å². The highest BCUT2D eigenvalue weighted by Crippen LogP contribution is 2.22. The van der Waals surface area contributed by atoms with Crippen LogP contribution in [0.25, 0.3) is 0 Å². The summed E-state index contributed by atoms with van der Waals surface area (Å²) in [5.41, 5.74) is 1.57. The van der Waals surface area contributed by atoms with E-state index in [2.05, 4.69) is 0 Å². The largest absolute Gasteiger partial charge is 0.461 e. The predicted octanol–water partition coefficient (Wildman–Crippen LogP) is 3.82. The first-order valence-corrected chi connectivity index (χ1v) is 6.98. The molecule has 4 heteroatoms. The molecule has 0 aliphatic rings. The van der Waals surface area contributed by atoms with E-state index in [-0.39, 0.29) is 0 Å². The standard InChI is InChI=1S/C15H14O3.C3H6O/c1-17-15(13-5-3-2-4-6-13)18-14-9-7-12(11-16)8-10-14;1-2-3-4/h2-11,15H,1H3;3H,2H2,1H3. The Morgan fingerprint density at radius 3 is 2.05 bits per heavy atom. The fourth-order valence-corrected chi connectivity index (χ4v) is 1.61. The minimum atomic E-state index is -0.451. The molecule has 0 bridgehead atoms. The Morgan fingerprint density at radius 2 is 1.59 bits per heavy atom. The second-order valence-corrected chi connectivity index (χ2v) is 4.36. The fourth-order valence-electron chi connectivity index (χ4n) is 1.61. The maximum absolute atomic E-state index is 10.6. The average Bonchev–Trinajstić information content (AvgIpc) is 2.61. The molecule has 1 unspecified atom stereocenters. The summed E-state index contributed by atoms with van der Waals surface area (Å²) in [4.78, 5) is 19.7. The van der Waals surface area contributed by atoms with Crippen molar-refractivity contribution in [1.29, 1.82) is 0 Å². The van der Waals surface area contributed by atoms with Gasteiger partial charge in [0, 0.05) is 24.7 Å². The minimum absolute atomic E-state index is 0.451. The summed E-state index contributed by atoms with van der Waals surface area (Å²) in [5, 5.41) is 0. The lowest BCUT2D eigenvalue weighted by Crippen LogP contribution is -2.09. The van der Waals surface area contributed by atoms with E-state index in [0.29, 0.717) is 17.7 Å². The van der Waals surface area contributed by atoms with E-state index in [1.807, 2.05) is 37.3 Å². The SMILES string of the molecule is CCC=O.COC(Oc1ccc(C=O)cc1)c1ccccc1. The molecule has 0 N–H and O–H groups in total. The van der Waals surface area contributed by atoms with Crippen molar-refractivity contribution < 1.29 is 19.1 Å². The second-order valence-electron chi connectivity index (χ2n) is 4.36. The maximum Gasteiger partial charge on any atom is 0.226 e. The Hall–Kier alpha value is -2.46. The van der Waals surface area contributed by atoms with Crippen molar-refractivity contribution >= 4 is 12.6 Å². The lowest BCUT2D eigenvalue weighted by atomic mass is 10.2. The van der Waals surface area contributed by atoms with Crippen LogP contribution in [0, 0.1) is 0 Å². The number of methoxy groups -OCH3 is 1. The molecular formula is C18H20O4. The van der Waals surface area contributed by atoms with Gasteiger partial charge in [0.15, 0.2) is 0 Å². The first kappa shape index (κ1) is 17.6. The number of carbonyl (C=O) groups excluding carboxylic acids is 2. The number of benzene rings is 2. The van der Waals surface area contributed by atoms with Crippen LogP contribution in [0.5, 0.6) is 5.75 Å². The lowest BCUT2D eigenvalue weighted by molar-refractivity contribution is -0.107. The Morgan fingerprint density at radius 1 is 1.00 bits per heavy atom. The van der Waals surface area contributed by atoms with Gasteiger partial charge in [-0.15, -0.1) is 0 Å². The Balaban J connectivity index is 0.000000541. The molecule has 0 heterocycles. The molecule has 0 aliphatic carbocycles. The smallest absolute Gasteiger partial charge is 0.226 e. The molecule has 0 spiro atoms. The summed E-state index contributed by atoms with van der Waals surface area (Å²) in [7, 11) is 1.59. The van der Waals surface area contributed by atoms with Gasteiger partial charge in [-0.3, -0.25) is 4.79 Å². The van der Waals surface area contributed by atoms with E-state index < -0.39 is 6.29 Å². The van der Waals surface area contributed by atoms with E-state index in [1.165, 1.54) is 0 Å². The molecule has 2 rings (SSSR count). The van der Waals surface area contributed by atoms with E-state index in [0.717, 1.165) is 18.1 Å². The molecule has 2 aromatic carbocycles. The maximum atomic E-state index is 10.6. The number of carbonyl (C=O) groups is 2. The van der Waals surface area contributed by atoms with Crippen molar-refractivity contribution in [2.75, 3.05) is 7.11 Å². The summed E-state index contributed by atoms with van der Waals surface area (Å²) in [6.45, 7) is 1.81. The zero-order valence-corrected chi connectivity index (χ0v) is 12.8. The van der Waals surface area contributed by atoms with Crippen LogP contribution < -0.4 is 4.74 Å². The van der Waals surface area contributed by atoms with Crippen molar-refractivity contribution in [3.63, 3.8) is 0 Å². The van der Waals surface area contributed by atoms with Crippen LogP contribution in [0.1, 0.15) is 35.6 Å². The van der Waals surface area contributed by atoms with Crippen LogP contribution in [0.3, 0.4) is 0 Å². The van der Waals surface area contributed by atoms with Crippen LogP contribution in [0.4, 0.5) is 0 Å². The number of hydrogen-bond acceptors (Lipinski definition) is 4. The zero-order chi connectivity index (χ0) is 16.2. The van der Waals surface area contributed by atoms with E-state index >= 15 is 0 Å². The van der Waals surface area contributed by atoms with E-state index in [1.54, 1.807) is 31.4 Å². The van der Waals surface area contributed by atoms with Crippen molar-refractivity contribution in [2.45, 2.75) is 19.6 Å². The highest BCUT2D eigenvalue weighted by atomic mass is 16.7. The Bertz CT molecular complexity index is 549. The van der Waals surface area contributed by atoms with Crippen LogP contribution in [0.15, 0.2) is 54.6 Å². The summed E-state index contributed by atoms with van der Waals surface area (Å²) in [6.07, 6.45) is 1.86. The minimum Gasteiger partial charge on any atom is -0.461 e. The molecule has 0 aromatic heterocycles. The van der Waals surface area contributed by atoms with Crippen molar-refractivity contribution in [3.8, 4) is 5.75 Å². The van der Waals surface area contributed by atoms with Gasteiger partial charge in [0.1, 0.15) is 18.3 Å². The normalized spacial score (nSPS) is 10.8. The molecule has 4 nitrogen and oxygen atoms in total. The molecule has 0 amide bonds. The highest BCUT2D eigenvalue weighted by Gasteiger charge is 2.11. The second kappa shape index (κ2) is 10.3. The summed E-state index contributed by atoms with van der Waals surface area (Å²) in [5.74, 6) is 0.663. The lowest BCUT2D eigenvalue weighted by Gasteiger charge is -2.17. The number of aldehydes is 2. The molecule has 0 fully saturated rings. The van der Waals surface area contributed by atoms with Gasteiger partial charge < -0.3 is 14.3 Å². The van der Waals surface area contributed by atoms with E-state index in [9.17, 15) is 9.59 Å². The Labute approximate surface area is 130 Å². The Kier molecular flexibility index (Phi) is 8.23. The van der Waals surface area contributed by atoms with Crippen LogP contribution in [-0.4, -0.2) is 19.7 Å². The third-order valence-electron chi connectivity index (χ3n) is 2.71. The van der Waals surface area contributed by atoms with Gasteiger partial charge in [0.2, 0.25) is 6.29 Å². The third kappa shape index (κ3) is 5.89. The average molecular weight is 300 g/mol. The zero-order valence-electron chi connectivity index (χ0n) is 12.8. The summed E-state index contributed by atoms with van der Waals surface area (Å²) in [6, 6.07) is 16.6. The van der Waals surface area contributed by atoms with Gasteiger partial charge in [-0.25, -0.2) is 0 Å². The monoisotopic (exact) mass is 300 g/mol. The first-order valence-electron chi connectivity index (χ1n) is 6.98. The number of rotatable bonds is 6. The molecular weight excluding hydrogens is 280 g/mol. The van der Waals surface area contributed by atoms with Crippen molar-refractivity contribution in [2.24, 2.45) is 0 Å². The topological polar surface area (TPSA) is 52.6 Å². The molecule has 2 aromatic rings. The molecule has 0 saturated carbocycles. The third-order valence-corrected chi connectivity index (χ3v) is 2.71. The molecule has 116 valence electrons. The fraction of sp³-hybridized carbons (Fsp3) is 0.222. The van der Waals surface area contributed by atoms with Gasteiger partial charge in [-0.2, -0.15) is 0 Å². The van der Waals surface area contributed by atoms with Gasteiger partial charge >= 0.3 is 0 Å². The molecule has 0 radical (unpaired) electrons. The van der Waals surface area contributed by atoms with E-state index in [4.69, 9.17) is 9.47 Å². The molecule has 0 saturated heterocycles. The molecule has 0 aliphatic heterocycles. The molecule has 22 heavy (non-hydrogen) atoms. The summed E-state index contributed by atoms with van der Waals surface area (Å²) >= 11 is 0. The van der Waals surface area contributed by atoms with Gasteiger partial charge in [-0.1, -0.05) is 37.3 Å². The van der Waals surface area contributed by atoms with Crippen molar-refractivity contribution in [1.82, 2.24) is 0 Å². The van der Waals surface area contributed by atoms with Crippen LogP contribution >= 0.6 is 0 Å². The van der Waals surface area contributed by atoms with Gasteiger partial charge in [-0.05, 0) is 24.3 Å². The quantitative estimate of drug-likeness (QED) is 0.601.